The van der Waals surface area contributed by atoms with Gasteiger partial charge in [0.15, 0.2) is 0 Å². The summed E-state index contributed by atoms with van der Waals surface area (Å²) < 4.78 is 32.9. The van der Waals surface area contributed by atoms with Crippen molar-refractivity contribution in [3.05, 3.63) is 75.9 Å². The molecule has 27 heavy (non-hydrogen) atoms. The fraction of sp³-hybridized carbons (Fsp3) is 0.238. The Hall–Kier alpha value is -2.49. The van der Waals surface area contributed by atoms with Crippen LogP contribution in [0.4, 0.5) is 0 Å². The van der Waals surface area contributed by atoms with Gasteiger partial charge in [0, 0.05) is 30.0 Å². The Kier molecular flexibility index (Phi) is 6.04. The Balaban J connectivity index is 1.81. The molecule has 1 aromatic carbocycles. The minimum atomic E-state index is -3.69. The van der Waals surface area contributed by atoms with E-state index in [9.17, 15) is 8.42 Å². The molecule has 3 rings (SSSR count). The summed E-state index contributed by atoms with van der Waals surface area (Å²) in [6.07, 6.45) is 1.28. The number of furan rings is 1. The first-order chi connectivity index (χ1) is 12.9. The van der Waals surface area contributed by atoms with Gasteiger partial charge >= 0.3 is 0 Å². The molecule has 6 heteroatoms. The van der Waals surface area contributed by atoms with Crippen molar-refractivity contribution in [3.63, 3.8) is 0 Å². The van der Waals surface area contributed by atoms with Gasteiger partial charge in [0.1, 0.15) is 11.5 Å². The number of hydrogen-bond donors (Lipinski definition) is 0. The lowest BCUT2D eigenvalue weighted by atomic mass is 10.2. The van der Waals surface area contributed by atoms with Gasteiger partial charge in [-0.25, -0.2) is 12.7 Å². The van der Waals surface area contributed by atoms with Crippen LogP contribution in [0, 0.1) is 25.8 Å². The van der Waals surface area contributed by atoms with Crippen LogP contribution in [0.25, 0.3) is 0 Å². The Morgan fingerprint density at radius 3 is 2.48 bits per heavy atom. The van der Waals surface area contributed by atoms with E-state index in [0.717, 1.165) is 22.6 Å². The smallest absolute Gasteiger partial charge is 0.270 e. The largest absolute Gasteiger partial charge is 0.466 e. The Morgan fingerprint density at radius 1 is 1.07 bits per heavy atom. The van der Waals surface area contributed by atoms with Crippen LogP contribution in [0.3, 0.4) is 0 Å². The van der Waals surface area contributed by atoms with Gasteiger partial charge in [-0.15, -0.1) is 0 Å². The van der Waals surface area contributed by atoms with E-state index >= 15 is 0 Å². The molecule has 0 fully saturated rings. The fourth-order valence-corrected chi connectivity index (χ4v) is 4.41. The van der Waals surface area contributed by atoms with Crippen molar-refractivity contribution in [3.8, 4) is 12.0 Å². The second-order valence-corrected chi connectivity index (χ2v) is 8.90. The summed E-state index contributed by atoms with van der Waals surface area (Å²) >= 11 is 1.53. The molecule has 0 N–H and O–H groups in total. The normalized spacial score (nSPS) is 11.0. The maximum atomic E-state index is 13.1. The summed E-state index contributed by atoms with van der Waals surface area (Å²) in [6, 6.07) is 15.4. The zero-order valence-electron chi connectivity index (χ0n) is 15.3. The summed E-state index contributed by atoms with van der Waals surface area (Å²) in [5.74, 6) is 4.65. The maximum absolute atomic E-state index is 13.1. The molecule has 0 saturated heterocycles. The van der Waals surface area contributed by atoms with Crippen LogP contribution in [0.2, 0.25) is 0 Å². The second kappa shape index (κ2) is 8.47. The summed E-state index contributed by atoms with van der Waals surface area (Å²) in [4.78, 5) is 0.251. The van der Waals surface area contributed by atoms with Gasteiger partial charge in [0.2, 0.25) is 0 Å². The van der Waals surface area contributed by atoms with E-state index in [1.54, 1.807) is 24.3 Å². The van der Waals surface area contributed by atoms with Gasteiger partial charge < -0.3 is 4.42 Å². The molecule has 3 aromatic rings. The molecule has 0 saturated carbocycles. The standard InChI is InChI=1S/C21H21NO3S2/c1-17-5-9-21(10-6-17)27(23,24)22(14-11-19-12-15-26-16-19)13-3-4-20-8-7-18(2)25-20/h5-10,12,15-16H,3-4,13H2,1-2H3. The summed E-state index contributed by atoms with van der Waals surface area (Å²) in [7, 11) is -3.69. The molecule has 0 spiro atoms. The van der Waals surface area contributed by atoms with Crippen molar-refractivity contribution in [2.75, 3.05) is 6.54 Å². The van der Waals surface area contributed by atoms with Gasteiger partial charge in [0.25, 0.3) is 10.0 Å². The molecular weight excluding hydrogens is 378 g/mol. The van der Waals surface area contributed by atoms with Crippen LogP contribution in [0.15, 0.2) is 62.5 Å². The van der Waals surface area contributed by atoms with E-state index in [1.807, 2.05) is 42.8 Å². The van der Waals surface area contributed by atoms with Crippen molar-refractivity contribution in [1.82, 2.24) is 4.31 Å². The number of thiophene rings is 1. The average molecular weight is 400 g/mol. The van der Waals surface area contributed by atoms with Gasteiger partial charge in [0.05, 0.1) is 4.90 Å². The van der Waals surface area contributed by atoms with Crippen LogP contribution >= 0.6 is 11.3 Å². The van der Waals surface area contributed by atoms with Crippen molar-refractivity contribution in [2.45, 2.75) is 31.6 Å². The summed E-state index contributed by atoms with van der Waals surface area (Å²) in [5, 5.41) is 3.82. The third kappa shape index (κ3) is 5.03. The van der Waals surface area contributed by atoms with E-state index < -0.39 is 10.0 Å². The molecule has 2 aromatic heterocycles. The van der Waals surface area contributed by atoms with Crippen molar-refractivity contribution in [1.29, 1.82) is 0 Å². The maximum Gasteiger partial charge on any atom is 0.270 e. The lowest BCUT2D eigenvalue weighted by molar-refractivity contribution is 0.457. The zero-order valence-corrected chi connectivity index (χ0v) is 16.9. The van der Waals surface area contributed by atoms with Gasteiger partial charge in [-0.2, -0.15) is 11.3 Å². The monoisotopic (exact) mass is 399 g/mol. The lowest BCUT2D eigenvalue weighted by Gasteiger charge is -2.18. The van der Waals surface area contributed by atoms with E-state index in [0.29, 0.717) is 19.4 Å². The molecule has 0 bridgehead atoms. The Labute approximate surface area is 164 Å². The lowest BCUT2D eigenvalue weighted by Crippen LogP contribution is -2.28. The van der Waals surface area contributed by atoms with Gasteiger partial charge in [-0.05, 0) is 61.9 Å². The van der Waals surface area contributed by atoms with E-state index in [-0.39, 0.29) is 4.90 Å². The molecular formula is C21H21NO3S2. The molecule has 0 atom stereocenters. The van der Waals surface area contributed by atoms with E-state index in [1.165, 1.54) is 15.6 Å². The quantitative estimate of drug-likeness (QED) is 0.450. The number of sulfonamides is 1. The van der Waals surface area contributed by atoms with E-state index in [2.05, 4.69) is 12.0 Å². The summed E-state index contributed by atoms with van der Waals surface area (Å²) in [6.45, 7) is 4.12. The number of rotatable bonds is 6. The molecule has 0 aliphatic carbocycles. The third-order valence-corrected chi connectivity index (χ3v) is 6.44. The van der Waals surface area contributed by atoms with Gasteiger partial charge in [-0.3, -0.25) is 0 Å². The van der Waals surface area contributed by atoms with Gasteiger partial charge in [-0.1, -0.05) is 17.7 Å². The molecule has 0 radical (unpaired) electrons. The summed E-state index contributed by atoms with van der Waals surface area (Å²) in [5.41, 5.74) is 1.82. The fourth-order valence-electron chi connectivity index (χ4n) is 2.55. The van der Waals surface area contributed by atoms with Crippen LogP contribution in [0.5, 0.6) is 0 Å². The molecule has 140 valence electrons. The second-order valence-electron chi connectivity index (χ2n) is 6.25. The molecule has 0 aliphatic heterocycles. The van der Waals surface area contributed by atoms with Crippen LogP contribution in [0.1, 0.15) is 29.1 Å². The van der Waals surface area contributed by atoms with Crippen molar-refractivity contribution >= 4 is 21.4 Å². The predicted octanol–water partition coefficient (Wildman–Crippen LogP) is 4.59. The number of aryl methyl sites for hydroxylation is 3. The number of nitrogens with zero attached hydrogens (tertiary/aromatic N) is 1. The topological polar surface area (TPSA) is 50.5 Å². The first-order valence-electron chi connectivity index (χ1n) is 8.64. The Morgan fingerprint density at radius 2 is 1.85 bits per heavy atom. The number of hydrogen-bond acceptors (Lipinski definition) is 4. The highest BCUT2D eigenvalue weighted by Gasteiger charge is 2.22. The molecule has 2 heterocycles. The highest BCUT2D eigenvalue weighted by Crippen LogP contribution is 2.17. The molecule has 0 aliphatic rings. The number of benzene rings is 1. The van der Waals surface area contributed by atoms with Crippen molar-refractivity contribution in [2.24, 2.45) is 0 Å². The third-order valence-electron chi connectivity index (χ3n) is 4.04. The minimum absolute atomic E-state index is 0.251. The van der Waals surface area contributed by atoms with Crippen LogP contribution in [-0.2, 0) is 16.4 Å². The van der Waals surface area contributed by atoms with E-state index in [4.69, 9.17) is 4.42 Å². The predicted molar refractivity (Wildman–Crippen MR) is 108 cm³/mol. The van der Waals surface area contributed by atoms with Crippen LogP contribution in [-0.4, -0.2) is 19.3 Å². The first kappa shape index (κ1) is 19.3. The molecule has 0 amide bonds. The zero-order chi connectivity index (χ0) is 19.3. The van der Waals surface area contributed by atoms with Crippen molar-refractivity contribution < 1.29 is 12.8 Å². The SMILES string of the molecule is Cc1ccc(S(=O)(=O)N(C#Cc2ccsc2)CCCc2ccc(C)o2)cc1. The highest BCUT2D eigenvalue weighted by atomic mass is 32.2. The average Bonchev–Trinajstić information content (AvgIpc) is 3.30. The minimum Gasteiger partial charge on any atom is -0.466 e. The highest BCUT2D eigenvalue weighted by molar-refractivity contribution is 7.89. The first-order valence-corrected chi connectivity index (χ1v) is 11.0. The Bertz CT molecular complexity index is 1040. The van der Waals surface area contributed by atoms with Crippen LogP contribution < -0.4 is 0 Å². The molecule has 4 nitrogen and oxygen atoms in total. The molecule has 0 unspecified atom stereocenters.